The number of ether oxygens (including phenoxy) is 1. The summed E-state index contributed by atoms with van der Waals surface area (Å²) in [5.74, 6) is 1.03. The number of halogens is 2. The van der Waals surface area contributed by atoms with Gasteiger partial charge in [-0.2, -0.15) is 5.10 Å². The molecular weight excluding hydrogens is 430 g/mol. The number of aryl methyl sites for hydroxylation is 1. The summed E-state index contributed by atoms with van der Waals surface area (Å²) >= 11 is 9.55. The Kier molecular flexibility index (Phi) is 7.74. The number of amides is 1. The van der Waals surface area contributed by atoms with Crippen LogP contribution in [0.5, 0.6) is 5.75 Å². The monoisotopic (exact) mass is 455 g/mol. The van der Waals surface area contributed by atoms with Crippen LogP contribution >= 0.6 is 27.5 Å². The Morgan fingerprint density at radius 1 is 1.37 bits per heavy atom. The highest BCUT2D eigenvalue weighted by atomic mass is 79.9. The lowest BCUT2D eigenvalue weighted by molar-refractivity contribution is -0.116. The Bertz CT molecular complexity index is 818. The fourth-order valence-corrected chi connectivity index (χ4v) is 3.94. The molecule has 5 nitrogen and oxygen atoms in total. The van der Waals surface area contributed by atoms with E-state index >= 15 is 0 Å². The van der Waals surface area contributed by atoms with Gasteiger partial charge in [-0.05, 0) is 66.7 Å². The Morgan fingerprint density at radius 3 is 2.70 bits per heavy atom. The van der Waals surface area contributed by atoms with E-state index in [0.29, 0.717) is 46.3 Å². The van der Waals surface area contributed by atoms with Crippen molar-refractivity contribution in [3.8, 4) is 5.75 Å². The lowest BCUT2D eigenvalue weighted by atomic mass is 10.1. The van der Waals surface area contributed by atoms with Crippen molar-refractivity contribution < 1.29 is 9.53 Å². The van der Waals surface area contributed by atoms with Crippen molar-refractivity contribution in [2.24, 2.45) is 5.92 Å². The Hall–Kier alpha value is -1.53. The first-order chi connectivity index (χ1) is 12.7. The van der Waals surface area contributed by atoms with Crippen LogP contribution in [0.25, 0.3) is 0 Å². The number of rotatable bonds is 8. The van der Waals surface area contributed by atoms with E-state index in [2.05, 4.69) is 47.1 Å². The van der Waals surface area contributed by atoms with Crippen LogP contribution < -0.4 is 10.1 Å². The van der Waals surface area contributed by atoms with Crippen LogP contribution in [0.2, 0.25) is 5.02 Å². The number of carbonyl (C=O) groups excluding carboxylic acids is 1. The molecule has 1 aromatic heterocycles. The largest absolute Gasteiger partial charge is 0.491 e. The molecule has 2 rings (SSSR count). The zero-order chi connectivity index (χ0) is 20.1. The SMILES string of the molecule is CCOc1c(Br)cc(Cl)cc1NC(=O)CCc1c(C)nn(CC(C)C)c1C. The number of nitrogens with zero attached hydrogens (tertiary/aromatic N) is 2. The molecule has 0 saturated heterocycles. The zero-order valence-corrected chi connectivity index (χ0v) is 18.9. The van der Waals surface area contributed by atoms with Gasteiger partial charge in [0.1, 0.15) is 0 Å². The summed E-state index contributed by atoms with van der Waals surface area (Å²) in [6.07, 6.45) is 1.01. The molecule has 0 fully saturated rings. The van der Waals surface area contributed by atoms with E-state index in [1.165, 1.54) is 0 Å². The fraction of sp³-hybridized carbons (Fsp3) is 0.500. The summed E-state index contributed by atoms with van der Waals surface area (Å²) in [5, 5.41) is 8.06. The Morgan fingerprint density at radius 2 is 2.07 bits per heavy atom. The lowest BCUT2D eigenvalue weighted by Crippen LogP contribution is -2.14. The Labute approximate surface area is 174 Å². The number of carbonyl (C=O) groups is 1. The van der Waals surface area contributed by atoms with Crippen LogP contribution in [0, 0.1) is 19.8 Å². The number of hydrogen-bond acceptors (Lipinski definition) is 3. The predicted molar refractivity (Wildman–Crippen MR) is 114 cm³/mol. The van der Waals surface area contributed by atoms with E-state index in [4.69, 9.17) is 16.3 Å². The van der Waals surface area contributed by atoms with Crippen molar-refractivity contribution in [2.75, 3.05) is 11.9 Å². The second kappa shape index (κ2) is 9.60. The van der Waals surface area contributed by atoms with Gasteiger partial charge in [-0.1, -0.05) is 25.4 Å². The molecule has 0 spiro atoms. The third kappa shape index (κ3) is 5.72. The molecule has 1 amide bonds. The Balaban J connectivity index is 2.09. The van der Waals surface area contributed by atoms with Gasteiger partial charge in [0, 0.05) is 23.7 Å². The highest BCUT2D eigenvalue weighted by molar-refractivity contribution is 9.10. The molecule has 7 heteroatoms. The third-order valence-corrected chi connectivity index (χ3v) is 5.05. The van der Waals surface area contributed by atoms with Crippen LogP contribution in [0.3, 0.4) is 0 Å². The molecule has 0 aliphatic heterocycles. The average molecular weight is 457 g/mol. The summed E-state index contributed by atoms with van der Waals surface area (Å²) < 4.78 is 8.38. The fourth-order valence-electron chi connectivity index (χ4n) is 3.01. The maximum Gasteiger partial charge on any atom is 0.224 e. The minimum absolute atomic E-state index is 0.0828. The molecule has 0 atom stereocenters. The maximum atomic E-state index is 12.5. The molecule has 0 bridgehead atoms. The lowest BCUT2D eigenvalue weighted by Gasteiger charge is -2.14. The highest BCUT2D eigenvalue weighted by Gasteiger charge is 2.16. The van der Waals surface area contributed by atoms with Crippen molar-refractivity contribution in [3.05, 3.63) is 38.6 Å². The summed E-state index contributed by atoms with van der Waals surface area (Å²) in [6, 6.07) is 3.45. The van der Waals surface area contributed by atoms with Gasteiger partial charge >= 0.3 is 0 Å². The first-order valence-electron chi connectivity index (χ1n) is 9.17. The molecule has 0 aliphatic carbocycles. The molecule has 0 saturated carbocycles. The van der Waals surface area contributed by atoms with Gasteiger partial charge in [0.25, 0.3) is 0 Å². The van der Waals surface area contributed by atoms with E-state index in [0.717, 1.165) is 23.5 Å². The number of nitrogens with one attached hydrogen (secondary N) is 1. The molecule has 1 aromatic carbocycles. The molecule has 0 radical (unpaired) electrons. The molecule has 1 N–H and O–H groups in total. The topological polar surface area (TPSA) is 56.1 Å². The molecule has 27 heavy (non-hydrogen) atoms. The number of hydrogen-bond donors (Lipinski definition) is 1. The highest BCUT2D eigenvalue weighted by Crippen LogP contribution is 2.36. The normalized spacial score (nSPS) is 11.1. The standard InChI is InChI=1S/C20H27BrClN3O2/c1-6-27-20-17(21)9-15(22)10-18(20)23-19(26)8-7-16-13(4)24-25(14(16)5)11-12(2)3/h9-10,12H,6-8,11H2,1-5H3,(H,23,26). The first kappa shape index (κ1) is 21.8. The predicted octanol–water partition coefficient (Wildman–Crippen LogP) is 5.54. The van der Waals surface area contributed by atoms with Gasteiger partial charge in [0.15, 0.2) is 5.75 Å². The zero-order valence-electron chi connectivity index (χ0n) is 16.5. The van der Waals surface area contributed by atoms with Crippen molar-refractivity contribution in [1.29, 1.82) is 0 Å². The van der Waals surface area contributed by atoms with E-state index in [1.54, 1.807) is 12.1 Å². The van der Waals surface area contributed by atoms with Crippen LogP contribution in [0.15, 0.2) is 16.6 Å². The number of anilines is 1. The first-order valence-corrected chi connectivity index (χ1v) is 10.3. The molecule has 148 valence electrons. The number of aromatic nitrogens is 2. The molecule has 0 unspecified atom stereocenters. The van der Waals surface area contributed by atoms with Gasteiger partial charge in [0.05, 0.1) is 22.5 Å². The molecule has 0 aliphatic rings. The van der Waals surface area contributed by atoms with Crippen LogP contribution in [0.4, 0.5) is 5.69 Å². The van der Waals surface area contributed by atoms with E-state index in [9.17, 15) is 4.79 Å². The number of benzene rings is 1. The van der Waals surface area contributed by atoms with Gasteiger partial charge in [0.2, 0.25) is 5.91 Å². The quantitative estimate of drug-likeness (QED) is 0.567. The van der Waals surface area contributed by atoms with E-state index in [1.807, 2.05) is 18.5 Å². The molecular formula is C20H27BrClN3O2. The summed E-state index contributed by atoms with van der Waals surface area (Å²) in [5.41, 5.74) is 3.84. The van der Waals surface area contributed by atoms with Crippen LogP contribution in [0.1, 0.15) is 44.1 Å². The average Bonchev–Trinajstić information content (AvgIpc) is 2.82. The molecule has 1 heterocycles. The van der Waals surface area contributed by atoms with Gasteiger partial charge in [-0.3, -0.25) is 9.48 Å². The maximum absolute atomic E-state index is 12.5. The minimum atomic E-state index is -0.0828. The van der Waals surface area contributed by atoms with E-state index < -0.39 is 0 Å². The van der Waals surface area contributed by atoms with Gasteiger partial charge in [-0.15, -0.1) is 0 Å². The second-order valence-electron chi connectivity index (χ2n) is 6.97. The van der Waals surface area contributed by atoms with Crippen molar-refractivity contribution >= 4 is 39.1 Å². The van der Waals surface area contributed by atoms with Gasteiger partial charge in [-0.25, -0.2) is 0 Å². The summed E-state index contributed by atoms with van der Waals surface area (Å²) in [6.45, 7) is 11.7. The third-order valence-electron chi connectivity index (χ3n) is 4.24. The minimum Gasteiger partial charge on any atom is -0.491 e. The molecule has 2 aromatic rings. The summed E-state index contributed by atoms with van der Waals surface area (Å²) in [4.78, 5) is 12.5. The smallest absolute Gasteiger partial charge is 0.224 e. The van der Waals surface area contributed by atoms with Crippen molar-refractivity contribution in [2.45, 2.75) is 54.0 Å². The van der Waals surface area contributed by atoms with Gasteiger partial charge < -0.3 is 10.1 Å². The second-order valence-corrected chi connectivity index (χ2v) is 8.26. The van der Waals surface area contributed by atoms with Crippen molar-refractivity contribution in [1.82, 2.24) is 9.78 Å². The summed E-state index contributed by atoms with van der Waals surface area (Å²) in [7, 11) is 0. The van der Waals surface area contributed by atoms with Crippen LogP contribution in [-0.4, -0.2) is 22.3 Å². The van der Waals surface area contributed by atoms with Crippen molar-refractivity contribution in [3.63, 3.8) is 0 Å². The van der Waals surface area contributed by atoms with Crippen LogP contribution in [-0.2, 0) is 17.8 Å². The van der Waals surface area contributed by atoms with E-state index in [-0.39, 0.29) is 5.91 Å².